The van der Waals surface area contributed by atoms with Gasteiger partial charge in [0, 0.05) is 0 Å². The van der Waals surface area contributed by atoms with Gasteiger partial charge in [0.05, 0.1) is 6.10 Å². The van der Waals surface area contributed by atoms with Crippen LogP contribution in [0.2, 0.25) is 0 Å². The fraction of sp³-hybridized carbons (Fsp3) is 1.00. The molecule has 16 heavy (non-hydrogen) atoms. The summed E-state index contributed by atoms with van der Waals surface area (Å²) in [4.78, 5) is 0. The molecule has 98 valence electrons. The van der Waals surface area contributed by atoms with E-state index in [2.05, 4.69) is 27.7 Å². The molecule has 1 N–H and O–H groups in total. The van der Waals surface area contributed by atoms with Crippen molar-refractivity contribution in [3.05, 3.63) is 0 Å². The Bertz CT molecular complexity index is 152. The molecule has 0 rings (SSSR count). The van der Waals surface area contributed by atoms with Crippen LogP contribution in [-0.2, 0) is 0 Å². The van der Waals surface area contributed by atoms with E-state index >= 15 is 0 Å². The Labute approximate surface area is 103 Å². The van der Waals surface area contributed by atoms with E-state index in [1.807, 2.05) is 0 Å². The number of unbranched alkanes of at least 4 members (excludes halogenated alkanes) is 4. The van der Waals surface area contributed by atoms with E-state index < -0.39 is 0 Å². The zero-order valence-electron chi connectivity index (χ0n) is 11.9. The maximum atomic E-state index is 9.92. The average molecular weight is 228 g/mol. The normalized spacial score (nSPS) is 14.1. The van der Waals surface area contributed by atoms with E-state index in [0.717, 1.165) is 19.3 Å². The molecule has 0 bridgehead atoms. The van der Waals surface area contributed by atoms with Gasteiger partial charge in [-0.05, 0) is 24.7 Å². The van der Waals surface area contributed by atoms with Gasteiger partial charge in [0.25, 0.3) is 0 Å². The highest BCUT2D eigenvalue weighted by Crippen LogP contribution is 2.30. The molecule has 1 heteroatoms. The summed E-state index contributed by atoms with van der Waals surface area (Å²) in [6.45, 7) is 9.03. The van der Waals surface area contributed by atoms with Crippen molar-refractivity contribution >= 4 is 0 Å². The maximum Gasteiger partial charge on any atom is 0.0545 e. The minimum absolute atomic E-state index is 0.0823. The van der Waals surface area contributed by atoms with Crippen LogP contribution < -0.4 is 0 Å². The summed E-state index contributed by atoms with van der Waals surface area (Å²) in [6, 6.07) is 0. The third-order valence-electron chi connectivity index (χ3n) is 3.39. The molecule has 0 heterocycles. The van der Waals surface area contributed by atoms with Crippen molar-refractivity contribution in [3.8, 4) is 0 Å². The van der Waals surface area contributed by atoms with Crippen LogP contribution in [0.15, 0.2) is 0 Å². The molecule has 0 aromatic carbocycles. The van der Waals surface area contributed by atoms with Gasteiger partial charge >= 0.3 is 0 Å². The first-order valence-electron chi connectivity index (χ1n) is 7.20. The number of hydrogen-bond donors (Lipinski definition) is 1. The first-order valence-corrected chi connectivity index (χ1v) is 7.20. The Morgan fingerprint density at radius 1 is 0.938 bits per heavy atom. The summed E-state index contributed by atoms with van der Waals surface area (Å²) in [5.41, 5.74) is 0.320. The molecule has 0 aliphatic carbocycles. The largest absolute Gasteiger partial charge is 0.393 e. The van der Waals surface area contributed by atoms with Gasteiger partial charge < -0.3 is 5.11 Å². The number of hydrogen-bond acceptors (Lipinski definition) is 1. The maximum absolute atomic E-state index is 9.92. The predicted molar refractivity (Wildman–Crippen MR) is 72.7 cm³/mol. The molecule has 0 aromatic heterocycles. The molecule has 1 atom stereocenters. The molecule has 0 saturated heterocycles. The minimum atomic E-state index is -0.0823. The van der Waals surface area contributed by atoms with Crippen molar-refractivity contribution in [2.75, 3.05) is 0 Å². The van der Waals surface area contributed by atoms with Crippen molar-refractivity contribution < 1.29 is 5.11 Å². The summed E-state index contributed by atoms with van der Waals surface area (Å²) >= 11 is 0. The van der Waals surface area contributed by atoms with E-state index in [1.54, 1.807) is 0 Å². The Kier molecular flexibility index (Phi) is 9.02. The van der Waals surface area contributed by atoms with Crippen LogP contribution >= 0.6 is 0 Å². The van der Waals surface area contributed by atoms with Crippen LogP contribution in [0, 0.1) is 5.41 Å². The molecule has 0 radical (unpaired) electrons. The van der Waals surface area contributed by atoms with Gasteiger partial charge in [0.15, 0.2) is 0 Å². The van der Waals surface area contributed by atoms with E-state index in [9.17, 15) is 5.11 Å². The first-order chi connectivity index (χ1) is 7.52. The lowest BCUT2D eigenvalue weighted by Gasteiger charge is -2.27. The Hall–Kier alpha value is -0.0400. The summed E-state index contributed by atoms with van der Waals surface area (Å²) in [5.74, 6) is 0. The van der Waals surface area contributed by atoms with Crippen LogP contribution in [-0.4, -0.2) is 11.2 Å². The van der Waals surface area contributed by atoms with E-state index in [-0.39, 0.29) is 6.10 Å². The van der Waals surface area contributed by atoms with E-state index in [0.29, 0.717) is 5.41 Å². The summed E-state index contributed by atoms with van der Waals surface area (Å²) < 4.78 is 0. The van der Waals surface area contributed by atoms with Crippen molar-refractivity contribution in [1.29, 1.82) is 0 Å². The van der Waals surface area contributed by atoms with Crippen molar-refractivity contribution in [1.82, 2.24) is 0 Å². The second-order valence-corrected chi connectivity index (χ2v) is 5.98. The third kappa shape index (κ3) is 9.21. The van der Waals surface area contributed by atoms with E-state index in [4.69, 9.17) is 0 Å². The minimum Gasteiger partial charge on any atom is -0.393 e. The summed E-state index contributed by atoms with van der Waals surface area (Å²) in [7, 11) is 0. The zero-order valence-corrected chi connectivity index (χ0v) is 11.9. The van der Waals surface area contributed by atoms with Crippen LogP contribution in [0.1, 0.15) is 85.5 Å². The topological polar surface area (TPSA) is 20.2 Å². The van der Waals surface area contributed by atoms with Crippen molar-refractivity contribution in [2.24, 2.45) is 5.41 Å². The highest BCUT2D eigenvalue weighted by molar-refractivity contribution is 4.73. The standard InChI is InChI=1S/C15H32O/c1-5-7-9-10-12-15(3,4)13-14(16)11-8-6-2/h14,16H,5-13H2,1-4H3. The molecule has 0 aromatic rings. The third-order valence-corrected chi connectivity index (χ3v) is 3.39. The summed E-state index contributed by atoms with van der Waals surface area (Å²) in [6.07, 6.45) is 10.8. The van der Waals surface area contributed by atoms with Gasteiger partial charge in [-0.2, -0.15) is 0 Å². The monoisotopic (exact) mass is 228 g/mol. The van der Waals surface area contributed by atoms with Gasteiger partial charge in [0.1, 0.15) is 0 Å². The van der Waals surface area contributed by atoms with Gasteiger partial charge in [-0.15, -0.1) is 0 Å². The lowest BCUT2D eigenvalue weighted by Crippen LogP contribution is -2.20. The predicted octanol–water partition coefficient (Wildman–Crippen LogP) is 4.92. The molecular formula is C15H32O. The molecule has 0 spiro atoms. The average Bonchev–Trinajstić information content (AvgIpc) is 2.21. The molecule has 0 aliphatic heterocycles. The molecule has 0 amide bonds. The second-order valence-electron chi connectivity index (χ2n) is 5.98. The SMILES string of the molecule is CCCCCCC(C)(C)CC(O)CCCC. The fourth-order valence-electron chi connectivity index (χ4n) is 2.31. The van der Waals surface area contributed by atoms with E-state index in [1.165, 1.54) is 38.5 Å². The van der Waals surface area contributed by atoms with Gasteiger partial charge in [-0.3, -0.25) is 0 Å². The zero-order chi connectivity index (χ0) is 12.4. The molecular weight excluding hydrogens is 196 g/mol. The quantitative estimate of drug-likeness (QED) is 0.526. The summed E-state index contributed by atoms with van der Waals surface area (Å²) in [5, 5.41) is 9.92. The Morgan fingerprint density at radius 2 is 1.56 bits per heavy atom. The Morgan fingerprint density at radius 3 is 2.12 bits per heavy atom. The van der Waals surface area contributed by atoms with Crippen LogP contribution in [0.5, 0.6) is 0 Å². The molecule has 0 aliphatic rings. The van der Waals surface area contributed by atoms with Gasteiger partial charge in [0.2, 0.25) is 0 Å². The highest BCUT2D eigenvalue weighted by Gasteiger charge is 2.21. The number of aliphatic hydroxyl groups is 1. The molecule has 1 unspecified atom stereocenters. The van der Waals surface area contributed by atoms with Crippen LogP contribution in [0.25, 0.3) is 0 Å². The van der Waals surface area contributed by atoms with Crippen LogP contribution in [0.4, 0.5) is 0 Å². The highest BCUT2D eigenvalue weighted by atomic mass is 16.3. The van der Waals surface area contributed by atoms with Crippen molar-refractivity contribution in [2.45, 2.75) is 91.6 Å². The smallest absolute Gasteiger partial charge is 0.0545 e. The fourth-order valence-corrected chi connectivity index (χ4v) is 2.31. The first kappa shape index (κ1) is 16.0. The lowest BCUT2D eigenvalue weighted by molar-refractivity contribution is 0.0982. The van der Waals surface area contributed by atoms with Crippen molar-refractivity contribution in [3.63, 3.8) is 0 Å². The molecule has 1 nitrogen and oxygen atoms in total. The number of aliphatic hydroxyl groups excluding tert-OH is 1. The Balaban J connectivity index is 3.66. The van der Waals surface area contributed by atoms with Gasteiger partial charge in [-0.1, -0.05) is 66.2 Å². The van der Waals surface area contributed by atoms with Crippen LogP contribution in [0.3, 0.4) is 0 Å². The molecule has 0 fully saturated rings. The number of rotatable bonds is 10. The lowest BCUT2D eigenvalue weighted by atomic mass is 9.81. The van der Waals surface area contributed by atoms with Gasteiger partial charge in [-0.25, -0.2) is 0 Å². The molecule has 0 saturated carbocycles. The second kappa shape index (κ2) is 9.04.